The Hall–Kier alpha value is -9.58. The van der Waals surface area contributed by atoms with Crippen molar-refractivity contribution in [3.63, 3.8) is 0 Å². The summed E-state index contributed by atoms with van der Waals surface area (Å²) >= 11 is 0. The average Bonchev–Trinajstić information content (AvgIpc) is 4.11. The van der Waals surface area contributed by atoms with Crippen LogP contribution in [0.4, 0.5) is 0 Å². The van der Waals surface area contributed by atoms with Crippen LogP contribution in [0.15, 0.2) is 257 Å². The van der Waals surface area contributed by atoms with Gasteiger partial charge in [-0.3, -0.25) is 0 Å². The molecule has 11 aromatic carbocycles. The fraction of sp³-hybridized carbons (Fsp3) is 0.0435. The summed E-state index contributed by atoms with van der Waals surface area (Å²) in [6, 6.07) is 85.1. The molecule has 14 aromatic rings. The predicted octanol–water partition coefficient (Wildman–Crippen LogP) is 18.1. The molecule has 0 fully saturated rings. The quantitative estimate of drug-likeness (QED) is 0.164. The SMILES string of the molecule is CC1C/C=C(\c2ccc3oc4ccccc4c3c2-n2c3cc4ccccc4cc3c3c4ccccc4ccc32)N=C(c2ccc(-c3ccccc3)cc2)N=C1c1ccc2c3ccccc3n(-c3ccccc3)c2c1. The van der Waals surface area contributed by atoms with Crippen LogP contribution < -0.4 is 0 Å². The number of para-hydroxylation sites is 3. The van der Waals surface area contributed by atoms with Crippen LogP contribution in [-0.2, 0) is 0 Å². The molecule has 0 saturated heterocycles. The highest BCUT2D eigenvalue weighted by atomic mass is 16.3. The van der Waals surface area contributed by atoms with Crippen LogP contribution in [-0.4, -0.2) is 20.7 Å². The van der Waals surface area contributed by atoms with Gasteiger partial charge < -0.3 is 13.6 Å². The lowest BCUT2D eigenvalue weighted by molar-refractivity contribution is 0.669. The fourth-order valence-corrected chi connectivity index (χ4v) is 11.8. The number of fused-ring (bicyclic) bond motifs is 12. The Morgan fingerprint density at radius 1 is 0.405 bits per heavy atom. The Morgan fingerprint density at radius 2 is 1.04 bits per heavy atom. The smallest absolute Gasteiger partial charge is 0.160 e. The van der Waals surface area contributed by atoms with Crippen molar-refractivity contribution in [1.29, 1.82) is 0 Å². The second-order valence-electron chi connectivity index (χ2n) is 19.7. The van der Waals surface area contributed by atoms with Gasteiger partial charge in [0.25, 0.3) is 0 Å². The van der Waals surface area contributed by atoms with Gasteiger partial charge in [0, 0.05) is 49.7 Å². The van der Waals surface area contributed by atoms with Crippen LogP contribution in [0.2, 0.25) is 0 Å². The van der Waals surface area contributed by atoms with Crippen molar-refractivity contribution in [2.45, 2.75) is 13.3 Å². The van der Waals surface area contributed by atoms with Gasteiger partial charge in [0.2, 0.25) is 0 Å². The molecule has 0 amide bonds. The van der Waals surface area contributed by atoms with E-state index in [9.17, 15) is 0 Å². The summed E-state index contributed by atoms with van der Waals surface area (Å²) in [7, 11) is 0. The standard InChI is InChI=1S/C69H46N4O/c1-43-28-37-58(55-36-39-64-66(56-25-13-15-27-63(56)74-64)68(55)73-60-38-34-46-18-10-11-23-52(46)65(60)57-40-48-19-8-9-20-49(48)41-62(57)73)70-69(47-31-29-45(30-32-47)44-16-4-2-5-17-44)71-67(43)50-33-35-54-53-24-12-14-26-59(53)72(61(54)42-50)51-21-6-3-7-22-51/h2-27,29-43H,28H2,1H3/b58-37+,70-69?,71-67?. The first-order valence-corrected chi connectivity index (χ1v) is 25.5. The molecule has 0 N–H and O–H groups in total. The van der Waals surface area contributed by atoms with Crippen molar-refractivity contribution in [2.24, 2.45) is 15.9 Å². The molecule has 0 radical (unpaired) electrons. The second kappa shape index (κ2) is 16.8. The Bertz CT molecular complexity index is 4680. The number of rotatable bonds is 6. The number of aromatic nitrogens is 2. The molecule has 1 aliphatic heterocycles. The molecule has 1 aliphatic rings. The Balaban J connectivity index is 1.00. The summed E-state index contributed by atoms with van der Waals surface area (Å²) in [5.41, 5.74) is 15.6. The van der Waals surface area contributed by atoms with E-state index in [2.05, 4.69) is 259 Å². The number of amidine groups is 1. The van der Waals surface area contributed by atoms with Crippen molar-refractivity contribution in [1.82, 2.24) is 9.13 Å². The Labute approximate surface area is 426 Å². The van der Waals surface area contributed by atoms with E-state index in [4.69, 9.17) is 14.4 Å². The van der Waals surface area contributed by atoms with Crippen molar-refractivity contribution < 1.29 is 4.42 Å². The van der Waals surface area contributed by atoms with Gasteiger partial charge in [-0.25, -0.2) is 9.98 Å². The number of hydrogen-bond donors (Lipinski definition) is 0. The van der Waals surface area contributed by atoms with Crippen LogP contribution in [0.3, 0.4) is 0 Å². The molecule has 74 heavy (non-hydrogen) atoms. The molecule has 0 bridgehead atoms. The van der Waals surface area contributed by atoms with Gasteiger partial charge >= 0.3 is 0 Å². The van der Waals surface area contributed by atoms with Crippen molar-refractivity contribution in [3.8, 4) is 22.5 Å². The molecule has 0 aliphatic carbocycles. The zero-order valence-electron chi connectivity index (χ0n) is 40.6. The maximum Gasteiger partial charge on any atom is 0.160 e. The van der Waals surface area contributed by atoms with E-state index in [0.29, 0.717) is 12.3 Å². The van der Waals surface area contributed by atoms with Crippen LogP contribution in [0, 0.1) is 5.92 Å². The lowest BCUT2D eigenvalue weighted by Crippen LogP contribution is -2.17. The molecule has 15 rings (SSSR count). The minimum Gasteiger partial charge on any atom is -0.456 e. The molecule has 1 atom stereocenters. The van der Waals surface area contributed by atoms with Gasteiger partial charge in [-0.1, -0.05) is 189 Å². The number of aliphatic imine (C=N–C) groups is 2. The number of allylic oxidation sites excluding steroid dienone is 1. The zero-order valence-corrected chi connectivity index (χ0v) is 40.6. The van der Waals surface area contributed by atoms with Gasteiger partial charge in [-0.05, 0) is 105 Å². The van der Waals surface area contributed by atoms with Gasteiger partial charge in [-0.2, -0.15) is 0 Å². The fourth-order valence-electron chi connectivity index (χ4n) is 11.8. The zero-order chi connectivity index (χ0) is 48.9. The van der Waals surface area contributed by atoms with Crippen molar-refractivity contribution in [3.05, 3.63) is 259 Å². The maximum absolute atomic E-state index is 6.76. The van der Waals surface area contributed by atoms with E-state index >= 15 is 0 Å². The normalized spacial score (nSPS) is 15.0. The topological polar surface area (TPSA) is 47.7 Å². The van der Waals surface area contributed by atoms with Gasteiger partial charge in [-0.15, -0.1) is 0 Å². The largest absolute Gasteiger partial charge is 0.456 e. The third-order valence-electron chi connectivity index (χ3n) is 15.4. The highest BCUT2D eigenvalue weighted by molar-refractivity contribution is 6.25. The third-order valence-corrected chi connectivity index (χ3v) is 15.4. The lowest BCUT2D eigenvalue weighted by Gasteiger charge is -2.21. The molecule has 3 aromatic heterocycles. The van der Waals surface area contributed by atoms with E-state index in [0.717, 1.165) is 89.1 Å². The number of hydrogen-bond acceptors (Lipinski definition) is 3. The van der Waals surface area contributed by atoms with E-state index < -0.39 is 0 Å². The molecule has 0 spiro atoms. The van der Waals surface area contributed by atoms with Crippen molar-refractivity contribution >= 4 is 104 Å². The summed E-state index contributed by atoms with van der Waals surface area (Å²) in [6.07, 6.45) is 3.06. The summed E-state index contributed by atoms with van der Waals surface area (Å²) in [5.74, 6) is 0.683. The van der Waals surface area contributed by atoms with Gasteiger partial charge in [0.1, 0.15) is 11.2 Å². The minimum absolute atomic E-state index is 0.0269. The molecule has 5 nitrogen and oxygen atoms in total. The van der Waals surface area contributed by atoms with E-state index in [1.54, 1.807) is 0 Å². The lowest BCUT2D eigenvalue weighted by atomic mass is 9.92. The summed E-state index contributed by atoms with van der Waals surface area (Å²) < 4.78 is 11.6. The average molecular weight is 947 g/mol. The molecule has 0 saturated carbocycles. The van der Waals surface area contributed by atoms with Crippen LogP contribution in [0.25, 0.3) is 115 Å². The molecule has 1 unspecified atom stereocenters. The van der Waals surface area contributed by atoms with Crippen LogP contribution in [0.1, 0.15) is 30.0 Å². The van der Waals surface area contributed by atoms with E-state index in [1.165, 1.54) is 48.6 Å². The molecule has 5 heteroatoms. The Morgan fingerprint density at radius 3 is 1.86 bits per heavy atom. The number of benzene rings is 11. The van der Waals surface area contributed by atoms with Gasteiger partial charge in [0.05, 0.1) is 44.5 Å². The highest BCUT2D eigenvalue weighted by Crippen LogP contribution is 2.45. The maximum atomic E-state index is 6.76. The number of furan rings is 1. The summed E-state index contributed by atoms with van der Waals surface area (Å²) in [4.78, 5) is 11.5. The summed E-state index contributed by atoms with van der Waals surface area (Å²) in [6.45, 7) is 2.31. The molecule has 348 valence electrons. The minimum atomic E-state index is 0.0269. The monoisotopic (exact) mass is 946 g/mol. The first kappa shape index (κ1) is 42.1. The number of nitrogens with zero attached hydrogens (tertiary/aromatic N) is 4. The molecular weight excluding hydrogens is 901 g/mol. The van der Waals surface area contributed by atoms with E-state index in [1.807, 2.05) is 0 Å². The second-order valence-corrected chi connectivity index (χ2v) is 19.7. The first-order valence-electron chi connectivity index (χ1n) is 25.5. The predicted molar refractivity (Wildman–Crippen MR) is 311 cm³/mol. The van der Waals surface area contributed by atoms with E-state index in [-0.39, 0.29) is 5.92 Å². The van der Waals surface area contributed by atoms with Crippen molar-refractivity contribution in [2.75, 3.05) is 0 Å². The highest BCUT2D eigenvalue weighted by Gasteiger charge is 2.26. The molecule has 4 heterocycles. The third kappa shape index (κ3) is 6.63. The summed E-state index contributed by atoms with van der Waals surface area (Å²) in [5, 5.41) is 11.8. The Kier molecular flexibility index (Phi) is 9.54. The van der Waals surface area contributed by atoms with Crippen LogP contribution in [0.5, 0.6) is 0 Å². The van der Waals surface area contributed by atoms with Gasteiger partial charge in [0.15, 0.2) is 5.84 Å². The molecular formula is C69H46N4O. The first-order chi connectivity index (χ1) is 36.6. The van der Waals surface area contributed by atoms with Crippen LogP contribution >= 0.6 is 0 Å².